The molecule has 1 aliphatic carbocycles. The van der Waals surface area contributed by atoms with Gasteiger partial charge in [-0.25, -0.2) is 4.79 Å². The van der Waals surface area contributed by atoms with E-state index >= 15 is 0 Å². The maximum absolute atomic E-state index is 12.6. The van der Waals surface area contributed by atoms with Gasteiger partial charge in [0.25, 0.3) is 0 Å². The highest BCUT2D eigenvalue weighted by Crippen LogP contribution is 2.48. The number of carbonyl (C=O) groups is 1. The lowest BCUT2D eigenvalue weighted by Gasteiger charge is -2.45. The summed E-state index contributed by atoms with van der Waals surface area (Å²) in [6, 6.07) is 7.88. The Kier molecular flexibility index (Phi) is 4.93. The molecule has 3 rings (SSSR count). The number of thioether (sulfide) groups is 1. The Morgan fingerprint density at radius 1 is 1.20 bits per heavy atom. The van der Waals surface area contributed by atoms with Crippen LogP contribution in [0.5, 0.6) is 0 Å². The standard InChI is InChI=1S/C21H28O3S/c1-14-7-5-6-8-17(14)25-18-16(22)13-21(24-19(18)23)11-9-15(10-12-21)20(2,3)4/h5-8,15,22H,9-13H2,1-4H3. The van der Waals surface area contributed by atoms with E-state index in [4.69, 9.17) is 4.74 Å². The average molecular weight is 361 g/mol. The summed E-state index contributed by atoms with van der Waals surface area (Å²) in [7, 11) is 0. The molecule has 136 valence electrons. The highest BCUT2D eigenvalue weighted by Gasteiger charge is 2.46. The Bertz CT molecular complexity index is 691. The second-order valence-electron chi connectivity index (χ2n) is 8.53. The monoisotopic (exact) mass is 360 g/mol. The molecule has 1 fully saturated rings. The lowest BCUT2D eigenvalue weighted by Crippen LogP contribution is -2.44. The number of rotatable bonds is 2. The average Bonchev–Trinajstić information content (AvgIpc) is 2.52. The predicted molar refractivity (Wildman–Crippen MR) is 102 cm³/mol. The molecule has 1 aromatic carbocycles. The Labute approximate surface area is 154 Å². The van der Waals surface area contributed by atoms with E-state index in [1.165, 1.54) is 11.8 Å². The first-order valence-electron chi connectivity index (χ1n) is 9.09. The van der Waals surface area contributed by atoms with Crippen molar-refractivity contribution in [3.63, 3.8) is 0 Å². The van der Waals surface area contributed by atoms with Crippen molar-refractivity contribution in [3.8, 4) is 0 Å². The van der Waals surface area contributed by atoms with Gasteiger partial charge in [0.1, 0.15) is 16.3 Å². The Morgan fingerprint density at radius 2 is 1.84 bits per heavy atom. The summed E-state index contributed by atoms with van der Waals surface area (Å²) in [5.74, 6) is 0.468. The van der Waals surface area contributed by atoms with Gasteiger partial charge in [0.2, 0.25) is 0 Å². The van der Waals surface area contributed by atoms with Crippen LogP contribution in [0.25, 0.3) is 0 Å². The largest absolute Gasteiger partial charge is 0.511 e. The zero-order chi connectivity index (χ0) is 18.2. The highest BCUT2D eigenvalue weighted by atomic mass is 32.2. The number of carbonyl (C=O) groups excluding carboxylic acids is 1. The summed E-state index contributed by atoms with van der Waals surface area (Å²) in [6.07, 6.45) is 4.22. The normalized spacial score (nSPS) is 27.5. The molecule has 0 amide bonds. The van der Waals surface area contributed by atoms with E-state index in [9.17, 15) is 9.90 Å². The van der Waals surface area contributed by atoms with Crippen LogP contribution in [-0.2, 0) is 9.53 Å². The van der Waals surface area contributed by atoms with E-state index < -0.39 is 5.60 Å². The first-order valence-corrected chi connectivity index (χ1v) is 9.91. The number of ether oxygens (including phenoxy) is 1. The summed E-state index contributed by atoms with van der Waals surface area (Å²) >= 11 is 1.31. The van der Waals surface area contributed by atoms with Gasteiger partial charge in [0.05, 0.1) is 0 Å². The van der Waals surface area contributed by atoms with Gasteiger partial charge < -0.3 is 9.84 Å². The number of benzene rings is 1. The van der Waals surface area contributed by atoms with Gasteiger partial charge in [-0.05, 0) is 55.6 Å². The van der Waals surface area contributed by atoms with Gasteiger partial charge in [0.15, 0.2) is 0 Å². The molecule has 0 unspecified atom stereocenters. The second-order valence-corrected chi connectivity index (χ2v) is 9.59. The first kappa shape index (κ1) is 18.4. The van der Waals surface area contributed by atoms with Gasteiger partial charge in [-0.1, -0.05) is 50.7 Å². The molecule has 2 aliphatic rings. The van der Waals surface area contributed by atoms with E-state index in [-0.39, 0.29) is 17.1 Å². The fourth-order valence-corrected chi connectivity index (χ4v) is 4.86. The Balaban J connectivity index is 1.75. The van der Waals surface area contributed by atoms with Crippen LogP contribution in [0.3, 0.4) is 0 Å². The van der Waals surface area contributed by atoms with Crippen molar-refractivity contribution in [1.82, 2.24) is 0 Å². The number of aliphatic hydroxyl groups excluding tert-OH is 1. The minimum atomic E-state index is -0.501. The van der Waals surface area contributed by atoms with Gasteiger partial charge in [-0.2, -0.15) is 0 Å². The fraction of sp³-hybridized carbons (Fsp3) is 0.571. The molecule has 1 aliphatic heterocycles. The molecule has 0 aromatic heterocycles. The van der Waals surface area contributed by atoms with Crippen LogP contribution < -0.4 is 0 Å². The predicted octanol–water partition coefficient (Wildman–Crippen LogP) is 5.78. The van der Waals surface area contributed by atoms with E-state index in [1.54, 1.807) is 0 Å². The molecule has 0 bridgehead atoms. The summed E-state index contributed by atoms with van der Waals surface area (Å²) in [4.78, 5) is 13.9. The summed E-state index contributed by atoms with van der Waals surface area (Å²) in [5, 5.41) is 10.6. The molecule has 1 aromatic rings. The number of aryl methyl sites for hydroxylation is 1. The topological polar surface area (TPSA) is 46.5 Å². The van der Waals surface area contributed by atoms with Crippen molar-refractivity contribution in [2.45, 2.75) is 70.3 Å². The van der Waals surface area contributed by atoms with E-state index in [2.05, 4.69) is 20.8 Å². The number of hydrogen-bond acceptors (Lipinski definition) is 4. The minimum absolute atomic E-state index is 0.193. The zero-order valence-electron chi connectivity index (χ0n) is 15.6. The third kappa shape index (κ3) is 3.89. The fourth-order valence-electron chi connectivity index (χ4n) is 3.95. The van der Waals surface area contributed by atoms with Gasteiger partial charge in [-0.15, -0.1) is 0 Å². The molecule has 0 atom stereocenters. The first-order chi connectivity index (χ1) is 11.7. The van der Waals surface area contributed by atoms with Gasteiger partial charge >= 0.3 is 5.97 Å². The van der Waals surface area contributed by atoms with Crippen LogP contribution in [-0.4, -0.2) is 16.7 Å². The lowest BCUT2D eigenvalue weighted by molar-refractivity contribution is -0.163. The maximum Gasteiger partial charge on any atom is 0.349 e. The molecule has 1 N–H and O–H groups in total. The molecular formula is C21H28O3S. The molecule has 25 heavy (non-hydrogen) atoms. The zero-order valence-corrected chi connectivity index (χ0v) is 16.4. The van der Waals surface area contributed by atoms with Crippen molar-refractivity contribution in [2.75, 3.05) is 0 Å². The third-order valence-electron chi connectivity index (χ3n) is 5.67. The van der Waals surface area contributed by atoms with Crippen LogP contribution in [0.2, 0.25) is 0 Å². The van der Waals surface area contributed by atoms with Crippen LogP contribution in [0, 0.1) is 18.3 Å². The number of esters is 1. The summed E-state index contributed by atoms with van der Waals surface area (Å²) < 4.78 is 5.89. The smallest absolute Gasteiger partial charge is 0.349 e. The maximum atomic E-state index is 12.6. The number of hydrogen-bond donors (Lipinski definition) is 1. The van der Waals surface area contributed by atoms with E-state index in [0.29, 0.717) is 17.2 Å². The summed E-state index contributed by atoms with van der Waals surface area (Å²) in [5.41, 5.74) is 0.870. The van der Waals surface area contributed by atoms with Gasteiger partial charge in [0, 0.05) is 11.3 Å². The third-order valence-corrected chi connectivity index (χ3v) is 6.96. The van der Waals surface area contributed by atoms with Crippen molar-refractivity contribution in [1.29, 1.82) is 0 Å². The van der Waals surface area contributed by atoms with Crippen molar-refractivity contribution < 1.29 is 14.6 Å². The van der Waals surface area contributed by atoms with Crippen molar-refractivity contribution >= 4 is 17.7 Å². The lowest BCUT2D eigenvalue weighted by atomic mass is 9.67. The minimum Gasteiger partial charge on any atom is -0.511 e. The molecule has 1 heterocycles. The molecule has 4 heteroatoms. The molecule has 3 nitrogen and oxygen atoms in total. The molecule has 0 saturated heterocycles. The molecule has 1 spiro atoms. The quantitative estimate of drug-likeness (QED) is 0.679. The van der Waals surface area contributed by atoms with E-state index in [0.717, 1.165) is 36.1 Å². The van der Waals surface area contributed by atoms with Crippen molar-refractivity contribution in [3.05, 3.63) is 40.5 Å². The Morgan fingerprint density at radius 3 is 2.40 bits per heavy atom. The van der Waals surface area contributed by atoms with Crippen molar-refractivity contribution in [2.24, 2.45) is 11.3 Å². The van der Waals surface area contributed by atoms with Crippen LogP contribution in [0.1, 0.15) is 58.4 Å². The second kappa shape index (κ2) is 6.71. The molecule has 0 radical (unpaired) electrons. The number of aliphatic hydroxyl groups is 1. The van der Waals surface area contributed by atoms with Crippen LogP contribution >= 0.6 is 11.8 Å². The Hall–Kier alpha value is -1.42. The van der Waals surface area contributed by atoms with E-state index in [1.807, 2.05) is 31.2 Å². The van der Waals surface area contributed by atoms with Gasteiger partial charge in [-0.3, -0.25) is 0 Å². The SMILES string of the molecule is Cc1ccccc1SC1=C(O)CC2(CCC(C(C)(C)C)CC2)OC1=O. The molecular weight excluding hydrogens is 332 g/mol. The highest BCUT2D eigenvalue weighted by molar-refractivity contribution is 8.04. The van der Waals surface area contributed by atoms with Crippen LogP contribution in [0.4, 0.5) is 0 Å². The van der Waals surface area contributed by atoms with Crippen LogP contribution in [0.15, 0.2) is 39.8 Å². The summed E-state index contributed by atoms with van der Waals surface area (Å²) in [6.45, 7) is 8.83. The molecule has 1 saturated carbocycles.